The van der Waals surface area contributed by atoms with Crippen LogP contribution in [0.5, 0.6) is 0 Å². The lowest BCUT2D eigenvalue weighted by Crippen LogP contribution is -2.30. The van der Waals surface area contributed by atoms with E-state index in [-0.39, 0.29) is 6.04 Å². The van der Waals surface area contributed by atoms with E-state index < -0.39 is 0 Å². The number of oxazole rings is 1. The molecular formula is C12H21N3O. The molecule has 0 aliphatic carbocycles. The molecule has 2 atom stereocenters. The molecule has 0 spiro atoms. The summed E-state index contributed by atoms with van der Waals surface area (Å²) in [5, 5.41) is 0. The normalized spacial score (nSPS) is 23.8. The lowest BCUT2D eigenvalue weighted by molar-refractivity contribution is 0.252. The van der Waals surface area contributed by atoms with Gasteiger partial charge in [-0.15, -0.1) is 0 Å². The predicted molar refractivity (Wildman–Crippen MR) is 63.1 cm³/mol. The Hall–Kier alpha value is -0.870. The fourth-order valence-electron chi connectivity index (χ4n) is 2.37. The summed E-state index contributed by atoms with van der Waals surface area (Å²) in [6, 6.07) is 0.539. The topological polar surface area (TPSA) is 55.3 Å². The van der Waals surface area contributed by atoms with Gasteiger partial charge in [-0.05, 0) is 32.9 Å². The minimum absolute atomic E-state index is 0.0629. The van der Waals surface area contributed by atoms with Gasteiger partial charge in [0.2, 0.25) is 0 Å². The van der Waals surface area contributed by atoms with Crippen molar-refractivity contribution in [3.05, 3.63) is 17.8 Å². The maximum absolute atomic E-state index is 5.74. The van der Waals surface area contributed by atoms with E-state index in [1.807, 2.05) is 6.92 Å². The largest absolute Gasteiger partial charge is 0.444 e. The van der Waals surface area contributed by atoms with Crippen LogP contribution in [0.3, 0.4) is 0 Å². The third-order valence-electron chi connectivity index (χ3n) is 3.34. The molecule has 16 heavy (non-hydrogen) atoms. The number of nitrogens with two attached hydrogens (primary N) is 1. The van der Waals surface area contributed by atoms with Gasteiger partial charge in [-0.1, -0.05) is 6.92 Å². The quantitative estimate of drug-likeness (QED) is 0.844. The molecule has 2 N–H and O–H groups in total. The van der Waals surface area contributed by atoms with Crippen LogP contribution in [0.1, 0.15) is 44.4 Å². The first-order valence-corrected chi connectivity index (χ1v) is 6.15. The monoisotopic (exact) mass is 223 g/mol. The van der Waals surface area contributed by atoms with Gasteiger partial charge in [-0.2, -0.15) is 0 Å². The van der Waals surface area contributed by atoms with Crippen LogP contribution in [0.4, 0.5) is 0 Å². The van der Waals surface area contributed by atoms with Crippen LogP contribution >= 0.6 is 0 Å². The highest BCUT2D eigenvalue weighted by molar-refractivity contribution is 5.00. The van der Waals surface area contributed by atoms with Crippen LogP contribution in [0.15, 0.2) is 10.6 Å². The molecule has 1 aromatic heterocycles. The van der Waals surface area contributed by atoms with Crippen molar-refractivity contribution in [1.82, 2.24) is 9.88 Å². The maximum atomic E-state index is 5.74. The Morgan fingerprint density at radius 1 is 1.69 bits per heavy atom. The van der Waals surface area contributed by atoms with E-state index in [1.165, 1.54) is 19.4 Å². The highest BCUT2D eigenvalue weighted by Crippen LogP contribution is 2.21. The lowest BCUT2D eigenvalue weighted by atomic mass is 10.1. The number of likely N-dealkylation sites (tertiary alicyclic amines) is 1. The Morgan fingerprint density at radius 3 is 3.12 bits per heavy atom. The van der Waals surface area contributed by atoms with Crippen LogP contribution in [0.25, 0.3) is 0 Å². The van der Waals surface area contributed by atoms with E-state index in [4.69, 9.17) is 10.2 Å². The molecule has 0 radical (unpaired) electrons. The van der Waals surface area contributed by atoms with Crippen molar-refractivity contribution in [3.8, 4) is 0 Å². The molecule has 2 rings (SSSR count). The van der Waals surface area contributed by atoms with Crippen molar-refractivity contribution in [1.29, 1.82) is 0 Å². The molecule has 4 nitrogen and oxygen atoms in total. The van der Waals surface area contributed by atoms with E-state index in [0.29, 0.717) is 6.04 Å². The summed E-state index contributed by atoms with van der Waals surface area (Å²) >= 11 is 0. The van der Waals surface area contributed by atoms with Gasteiger partial charge in [0.15, 0.2) is 5.89 Å². The summed E-state index contributed by atoms with van der Waals surface area (Å²) < 4.78 is 5.64. The fraction of sp³-hybridized carbons (Fsp3) is 0.750. The molecule has 1 aliphatic heterocycles. The van der Waals surface area contributed by atoms with Crippen molar-refractivity contribution >= 4 is 0 Å². The van der Waals surface area contributed by atoms with E-state index in [0.717, 1.165) is 24.6 Å². The number of rotatable bonds is 4. The molecule has 1 aromatic rings. The van der Waals surface area contributed by atoms with E-state index in [1.54, 1.807) is 6.20 Å². The Morgan fingerprint density at radius 2 is 2.50 bits per heavy atom. The third kappa shape index (κ3) is 2.44. The number of hydrogen-bond donors (Lipinski definition) is 1. The smallest absolute Gasteiger partial charge is 0.196 e. The number of hydrogen-bond acceptors (Lipinski definition) is 4. The van der Waals surface area contributed by atoms with Crippen LogP contribution in [0, 0.1) is 0 Å². The van der Waals surface area contributed by atoms with E-state index >= 15 is 0 Å². The van der Waals surface area contributed by atoms with Crippen LogP contribution in [-0.2, 0) is 6.42 Å². The molecule has 0 amide bonds. The SMILES string of the molecule is CCN1CCCC1Cc1ncc(C(C)N)o1. The standard InChI is InChI=1S/C12H21N3O/c1-3-15-6-4-5-10(15)7-12-14-8-11(16-12)9(2)13/h8-10H,3-7,13H2,1-2H3. The molecule has 0 aromatic carbocycles. The molecule has 90 valence electrons. The highest BCUT2D eigenvalue weighted by atomic mass is 16.4. The highest BCUT2D eigenvalue weighted by Gasteiger charge is 2.24. The lowest BCUT2D eigenvalue weighted by Gasteiger charge is -2.21. The van der Waals surface area contributed by atoms with Crippen molar-refractivity contribution in [2.24, 2.45) is 5.73 Å². The van der Waals surface area contributed by atoms with Gasteiger partial charge in [0.05, 0.1) is 12.2 Å². The molecule has 2 unspecified atom stereocenters. The van der Waals surface area contributed by atoms with E-state index in [9.17, 15) is 0 Å². The van der Waals surface area contributed by atoms with Crippen LogP contribution in [0.2, 0.25) is 0 Å². The van der Waals surface area contributed by atoms with Crippen LogP contribution < -0.4 is 5.73 Å². The molecule has 0 bridgehead atoms. The Balaban J connectivity index is 1.97. The maximum Gasteiger partial charge on any atom is 0.196 e. The first-order valence-electron chi connectivity index (χ1n) is 6.15. The second-order valence-corrected chi connectivity index (χ2v) is 4.57. The van der Waals surface area contributed by atoms with Gasteiger partial charge >= 0.3 is 0 Å². The number of nitrogens with zero attached hydrogens (tertiary/aromatic N) is 2. The average Bonchev–Trinajstić information content (AvgIpc) is 2.87. The zero-order chi connectivity index (χ0) is 11.5. The predicted octanol–water partition coefficient (Wildman–Crippen LogP) is 1.72. The molecule has 4 heteroatoms. The van der Waals surface area contributed by atoms with Crippen molar-refractivity contribution in [2.45, 2.75) is 45.2 Å². The second kappa shape index (κ2) is 4.97. The van der Waals surface area contributed by atoms with Crippen LogP contribution in [-0.4, -0.2) is 29.0 Å². The minimum Gasteiger partial charge on any atom is -0.444 e. The first-order chi connectivity index (χ1) is 7.70. The summed E-state index contributed by atoms with van der Waals surface area (Å²) in [6.07, 6.45) is 5.22. The summed E-state index contributed by atoms with van der Waals surface area (Å²) in [5.41, 5.74) is 5.74. The summed E-state index contributed by atoms with van der Waals surface area (Å²) in [6.45, 7) is 6.45. The van der Waals surface area contributed by atoms with Gasteiger partial charge in [0, 0.05) is 12.5 Å². The molecule has 1 fully saturated rings. The van der Waals surface area contributed by atoms with Crippen molar-refractivity contribution < 1.29 is 4.42 Å². The summed E-state index contributed by atoms with van der Waals surface area (Å²) in [5.74, 6) is 1.62. The molecule has 1 saturated heterocycles. The van der Waals surface area contributed by atoms with Crippen molar-refractivity contribution in [3.63, 3.8) is 0 Å². The Bertz CT molecular complexity index is 335. The Kier molecular flexibility index (Phi) is 3.61. The number of likely N-dealkylation sites (N-methyl/N-ethyl adjacent to an activating group) is 1. The summed E-state index contributed by atoms with van der Waals surface area (Å²) in [7, 11) is 0. The zero-order valence-corrected chi connectivity index (χ0v) is 10.1. The molecule has 1 aliphatic rings. The second-order valence-electron chi connectivity index (χ2n) is 4.57. The fourth-order valence-corrected chi connectivity index (χ4v) is 2.37. The first kappa shape index (κ1) is 11.6. The van der Waals surface area contributed by atoms with Gasteiger partial charge in [0.25, 0.3) is 0 Å². The van der Waals surface area contributed by atoms with Crippen molar-refractivity contribution in [2.75, 3.05) is 13.1 Å². The number of aromatic nitrogens is 1. The molecular weight excluding hydrogens is 202 g/mol. The van der Waals surface area contributed by atoms with E-state index in [2.05, 4.69) is 16.8 Å². The van der Waals surface area contributed by atoms with Gasteiger partial charge in [-0.25, -0.2) is 4.98 Å². The molecule has 2 heterocycles. The zero-order valence-electron chi connectivity index (χ0n) is 10.1. The average molecular weight is 223 g/mol. The van der Waals surface area contributed by atoms with Gasteiger partial charge < -0.3 is 15.1 Å². The minimum atomic E-state index is -0.0629. The Labute approximate surface area is 96.8 Å². The third-order valence-corrected chi connectivity index (χ3v) is 3.34. The summed E-state index contributed by atoms with van der Waals surface area (Å²) in [4.78, 5) is 6.79. The van der Waals surface area contributed by atoms with Gasteiger partial charge in [-0.3, -0.25) is 0 Å². The molecule has 0 saturated carbocycles. The van der Waals surface area contributed by atoms with Gasteiger partial charge in [0.1, 0.15) is 5.76 Å².